The molecule has 1 aromatic carbocycles. The number of hydrogen-bond acceptors (Lipinski definition) is 4. The van der Waals surface area contributed by atoms with Crippen LogP contribution in [0.25, 0.3) is 22.9 Å². The van der Waals surface area contributed by atoms with Gasteiger partial charge in [0.25, 0.3) is 0 Å². The van der Waals surface area contributed by atoms with E-state index < -0.39 is 35.4 Å². The van der Waals surface area contributed by atoms with Crippen LogP contribution in [0.5, 0.6) is 0 Å². The lowest BCUT2D eigenvalue weighted by molar-refractivity contribution is -0.262. The number of hydrogen-bond donors (Lipinski definition) is 1. The largest absolute Gasteiger partial charge is 0.424 e. The fourth-order valence-corrected chi connectivity index (χ4v) is 3.49. The molecular weight excluding hydrogens is 416 g/mol. The standard InChI is InChI=1S/C18H15F6N5O/c1-9-8-28-13(10-3-5-11(6-4-10)17(19,20)21)26-27-14(28)12-7-25-15(29(9)12)16(2,30)18(22,23)24/h3-7,9,30H,8H2,1-2H3/t9-,16+/m0/s1. The molecule has 0 bridgehead atoms. The quantitative estimate of drug-likeness (QED) is 0.619. The average molecular weight is 431 g/mol. The molecule has 0 aliphatic carbocycles. The number of alkyl halides is 6. The molecule has 0 unspecified atom stereocenters. The molecule has 0 radical (unpaired) electrons. The van der Waals surface area contributed by atoms with Gasteiger partial charge in [0.1, 0.15) is 5.69 Å². The van der Waals surface area contributed by atoms with Crippen molar-refractivity contribution in [3.63, 3.8) is 0 Å². The van der Waals surface area contributed by atoms with Crippen molar-refractivity contribution in [3.05, 3.63) is 41.9 Å². The van der Waals surface area contributed by atoms with Crippen LogP contribution in [-0.4, -0.2) is 35.6 Å². The van der Waals surface area contributed by atoms with Gasteiger partial charge in [-0.2, -0.15) is 26.3 Å². The minimum Gasteiger partial charge on any atom is -0.374 e. The average Bonchev–Trinajstić information content (AvgIpc) is 3.24. The number of aromatic nitrogens is 5. The van der Waals surface area contributed by atoms with Crippen molar-refractivity contribution in [2.24, 2.45) is 0 Å². The van der Waals surface area contributed by atoms with E-state index in [1.54, 1.807) is 11.5 Å². The molecule has 0 saturated carbocycles. The summed E-state index contributed by atoms with van der Waals surface area (Å²) in [6, 6.07) is 3.81. The summed E-state index contributed by atoms with van der Waals surface area (Å²) in [6.45, 7) is 2.41. The van der Waals surface area contributed by atoms with Gasteiger partial charge in [-0.05, 0) is 26.0 Å². The van der Waals surface area contributed by atoms with Crippen LogP contribution in [0.1, 0.15) is 31.3 Å². The minimum absolute atomic E-state index is 0.142. The molecule has 1 N–H and O–H groups in total. The second-order valence-electron chi connectivity index (χ2n) is 7.29. The van der Waals surface area contributed by atoms with Crippen molar-refractivity contribution in [2.45, 2.75) is 44.4 Å². The van der Waals surface area contributed by atoms with Crippen LogP contribution in [0.3, 0.4) is 0 Å². The first-order chi connectivity index (χ1) is 13.8. The predicted octanol–water partition coefficient (Wildman–Crippen LogP) is 4.17. The Kier molecular flexibility index (Phi) is 4.28. The zero-order valence-corrected chi connectivity index (χ0v) is 15.6. The summed E-state index contributed by atoms with van der Waals surface area (Å²) in [6.07, 6.45) is -8.25. The Morgan fingerprint density at radius 1 is 1.00 bits per heavy atom. The van der Waals surface area contributed by atoms with Gasteiger partial charge in [-0.1, -0.05) is 12.1 Å². The molecule has 1 aliphatic rings. The molecule has 3 heterocycles. The fraction of sp³-hybridized carbons (Fsp3) is 0.389. The Morgan fingerprint density at radius 2 is 1.60 bits per heavy atom. The lowest BCUT2D eigenvalue weighted by atomic mass is 10.0. The summed E-state index contributed by atoms with van der Waals surface area (Å²) in [7, 11) is 0. The van der Waals surface area contributed by atoms with Gasteiger partial charge in [0.15, 0.2) is 17.5 Å². The topological polar surface area (TPSA) is 68.8 Å². The smallest absolute Gasteiger partial charge is 0.374 e. The van der Waals surface area contributed by atoms with Gasteiger partial charge in [0, 0.05) is 12.1 Å². The van der Waals surface area contributed by atoms with Gasteiger partial charge in [-0.15, -0.1) is 10.2 Å². The van der Waals surface area contributed by atoms with Crippen molar-refractivity contribution in [1.82, 2.24) is 24.3 Å². The van der Waals surface area contributed by atoms with E-state index in [1.807, 2.05) is 0 Å². The first-order valence-corrected chi connectivity index (χ1v) is 8.80. The van der Waals surface area contributed by atoms with Crippen LogP contribution in [0.4, 0.5) is 26.3 Å². The molecule has 30 heavy (non-hydrogen) atoms. The Labute approximate surface area is 165 Å². The maximum absolute atomic E-state index is 13.3. The van der Waals surface area contributed by atoms with Crippen molar-refractivity contribution >= 4 is 0 Å². The van der Waals surface area contributed by atoms with E-state index in [-0.39, 0.29) is 23.9 Å². The molecule has 0 fully saturated rings. The molecule has 2 atom stereocenters. The molecule has 1 aliphatic heterocycles. The van der Waals surface area contributed by atoms with Gasteiger partial charge in [0.2, 0.25) is 5.60 Å². The third-order valence-electron chi connectivity index (χ3n) is 5.12. The second kappa shape index (κ2) is 6.30. The first-order valence-electron chi connectivity index (χ1n) is 8.80. The number of aliphatic hydroxyl groups is 1. The van der Waals surface area contributed by atoms with Crippen LogP contribution < -0.4 is 0 Å². The van der Waals surface area contributed by atoms with Crippen molar-refractivity contribution in [1.29, 1.82) is 0 Å². The lowest BCUT2D eigenvalue weighted by Crippen LogP contribution is -2.42. The number of rotatable bonds is 2. The van der Waals surface area contributed by atoms with Crippen LogP contribution in [0, 0.1) is 0 Å². The van der Waals surface area contributed by atoms with Crippen molar-refractivity contribution in [2.75, 3.05) is 0 Å². The van der Waals surface area contributed by atoms with E-state index >= 15 is 0 Å². The highest BCUT2D eigenvalue weighted by atomic mass is 19.4. The monoisotopic (exact) mass is 431 g/mol. The third-order valence-corrected chi connectivity index (χ3v) is 5.12. The van der Waals surface area contributed by atoms with Crippen LogP contribution in [-0.2, 0) is 18.3 Å². The van der Waals surface area contributed by atoms with Crippen molar-refractivity contribution < 1.29 is 31.4 Å². The summed E-state index contributed by atoms with van der Waals surface area (Å²) in [4.78, 5) is 3.79. The third kappa shape index (κ3) is 2.97. The Hall–Kier alpha value is -2.89. The summed E-state index contributed by atoms with van der Waals surface area (Å²) in [5.41, 5.74) is -3.38. The second-order valence-corrected chi connectivity index (χ2v) is 7.29. The molecule has 0 amide bonds. The molecule has 160 valence electrons. The molecule has 2 aromatic heterocycles. The van der Waals surface area contributed by atoms with E-state index in [0.29, 0.717) is 12.5 Å². The van der Waals surface area contributed by atoms with E-state index in [1.165, 1.54) is 22.9 Å². The summed E-state index contributed by atoms with van der Waals surface area (Å²) >= 11 is 0. The summed E-state index contributed by atoms with van der Waals surface area (Å²) in [5, 5.41) is 18.1. The molecule has 12 heteroatoms. The maximum atomic E-state index is 13.3. The molecule has 6 nitrogen and oxygen atoms in total. The summed E-state index contributed by atoms with van der Waals surface area (Å²) in [5.74, 6) is -0.0790. The molecule has 0 saturated heterocycles. The normalized spacial score (nSPS) is 18.6. The lowest BCUT2D eigenvalue weighted by Gasteiger charge is -2.31. The van der Waals surface area contributed by atoms with Gasteiger partial charge < -0.3 is 14.2 Å². The van der Waals surface area contributed by atoms with Gasteiger partial charge in [-0.3, -0.25) is 0 Å². The number of nitrogens with zero attached hydrogens (tertiary/aromatic N) is 5. The maximum Gasteiger partial charge on any atom is 0.424 e. The Morgan fingerprint density at radius 3 is 2.17 bits per heavy atom. The van der Waals surface area contributed by atoms with Crippen LogP contribution in [0.2, 0.25) is 0 Å². The van der Waals surface area contributed by atoms with E-state index in [0.717, 1.165) is 12.1 Å². The first kappa shape index (κ1) is 20.4. The van der Waals surface area contributed by atoms with Gasteiger partial charge in [-0.25, -0.2) is 4.98 Å². The zero-order valence-electron chi connectivity index (χ0n) is 15.6. The highest BCUT2D eigenvalue weighted by molar-refractivity contribution is 5.62. The molecule has 3 aromatic rings. The number of benzene rings is 1. The number of halogens is 6. The predicted molar refractivity (Wildman–Crippen MR) is 92.0 cm³/mol. The SMILES string of the molecule is C[C@H]1Cn2c(-c3ccc(C(F)(F)F)cc3)nnc2-c2cnc([C@@](C)(O)C(F)(F)F)n21. The van der Waals surface area contributed by atoms with E-state index in [2.05, 4.69) is 15.2 Å². The zero-order chi connectivity index (χ0) is 22.1. The van der Waals surface area contributed by atoms with Crippen LogP contribution >= 0.6 is 0 Å². The van der Waals surface area contributed by atoms with Crippen LogP contribution in [0.15, 0.2) is 30.5 Å². The van der Waals surface area contributed by atoms with Crippen molar-refractivity contribution in [3.8, 4) is 22.9 Å². The Bertz CT molecular complexity index is 1090. The Balaban J connectivity index is 1.79. The fourth-order valence-electron chi connectivity index (χ4n) is 3.49. The summed E-state index contributed by atoms with van der Waals surface area (Å²) < 4.78 is 81.2. The molecule has 0 spiro atoms. The van der Waals surface area contributed by atoms with E-state index in [9.17, 15) is 31.4 Å². The molecule has 4 rings (SSSR count). The van der Waals surface area contributed by atoms with Gasteiger partial charge >= 0.3 is 12.4 Å². The van der Waals surface area contributed by atoms with E-state index in [4.69, 9.17) is 0 Å². The minimum atomic E-state index is -4.94. The highest BCUT2D eigenvalue weighted by Gasteiger charge is 2.55. The van der Waals surface area contributed by atoms with Gasteiger partial charge in [0.05, 0.1) is 17.8 Å². The molecular formula is C18H15F6N5O. The number of fused-ring (bicyclic) bond motifs is 3. The highest BCUT2D eigenvalue weighted by Crippen LogP contribution is 2.42. The number of imidazole rings is 1.